The minimum Gasteiger partial charge on any atom is -0.561 e. The summed E-state index contributed by atoms with van der Waals surface area (Å²) in [4.78, 5) is 31.1. The third-order valence-corrected chi connectivity index (χ3v) is 3.45. The number of aromatic hydroxyl groups is 3. The molecule has 0 aliphatic heterocycles. The third kappa shape index (κ3) is 8.90. The number of hydrogen-bond donors (Lipinski definition) is 3. The fourth-order valence-corrected chi connectivity index (χ4v) is 2.00. The van der Waals surface area contributed by atoms with Gasteiger partial charge in [-0.1, -0.05) is 36.4 Å². The molecule has 0 saturated heterocycles. The Morgan fingerprint density at radius 3 is 0.806 bits per heavy atom. The zero-order chi connectivity index (χ0) is 22.7. The molecule has 0 fully saturated rings. The topological polar surface area (TPSA) is 181 Å². The van der Waals surface area contributed by atoms with Gasteiger partial charge >= 0.3 is 17.9 Å². The van der Waals surface area contributed by atoms with Gasteiger partial charge in [-0.2, -0.15) is 0 Å². The van der Waals surface area contributed by atoms with E-state index in [4.69, 9.17) is 30.6 Å². The minimum atomic E-state index is -0.863. The first kappa shape index (κ1) is 27.0. The van der Waals surface area contributed by atoms with Crippen LogP contribution in [0.3, 0.4) is 0 Å². The summed E-state index contributed by atoms with van der Waals surface area (Å²) in [5, 5.41) is 46.8. The van der Waals surface area contributed by atoms with Crippen LogP contribution in [0.5, 0.6) is 17.2 Å². The van der Waals surface area contributed by atoms with Crippen molar-refractivity contribution in [1.29, 1.82) is 0 Å². The van der Waals surface area contributed by atoms with Gasteiger partial charge in [0.05, 0.1) is 0 Å². The van der Waals surface area contributed by atoms with Crippen LogP contribution >= 0.6 is 0 Å². The largest absolute Gasteiger partial charge is 0.561 e. The molecule has 3 rings (SSSR count). The van der Waals surface area contributed by atoms with Crippen molar-refractivity contribution < 1.29 is 62.1 Å². The van der Waals surface area contributed by atoms with Gasteiger partial charge in [0, 0.05) is 31.5 Å². The molecule has 9 N–H and O–H groups in total. The first-order valence-electron chi connectivity index (χ1n) is 8.27. The predicted molar refractivity (Wildman–Crippen MR) is 108 cm³/mol. The molecule has 0 spiro atoms. The van der Waals surface area contributed by atoms with Crippen molar-refractivity contribution in [2.75, 3.05) is 0 Å². The van der Waals surface area contributed by atoms with Crippen molar-refractivity contribution >= 4 is 17.9 Å². The van der Waals surface area contributed by atoms with E-state index in [0.29, 0.717) is 0 Å². The normalized spacial score (nSPS) is 8.90. The van der Waals surface area contributed by atoms with Crippen molar-refractivity contribution in [3.8, 4) is 17.2 Å². The standard InChI is InChI=1S/3C7H6O3.Mn/c3*8-6-4-2-1-3-5(6)7(9)10;/h3*1-4,8H,(H,9,10);/p+3. The summed E-state index contributed by atoms with van der Waals surface area (Å²) >= 11 is 0. The number of phenolic OH excluding ortho intramolecular Hbond substituents is 3. The Balaban J connectivity index is 0.000000429. The van der Waals surface area contributed by atoms with Gasteiger partial charge in [0.2, 0.25) is 0 Å². The Morgan fingerprint density at radius 1 is 0.484 bits per heavy atom. The van der Waals surface area contributed by atoms with Crippen molar-refractivity contribution in [3.05, 3.63) is 89.5 Å². The first-order chi connectivity index (χ1) is 14.1. The monoisotopic (exact) mass is 472 g/mol. The summed E-state index contributed by atoms with van der Waals surface area (Å²) in [6, 6.07) is 17.9. The maximum Gasteiger partial charge on any atom is 0.552 e. The van der Waals surface area contributed by atoms with Crippen molar-refractivity contribution in [2.24, 2.45) is 0 Å². The van der Waals surface area contributed by atoms with Gasteiger partial charge in [0.15, 0.2) is 16.7 Å². The van der Waals surface area contributed by atoms with Crippen LogP contribution in [0.15, 0.2) is 72.8 Å². The van der Waals surface area contributed by atoms with E-state index in [-0.39, 0.29) is 51.0 Å². The Kier molecular flexibility index (Phi) is 11.5. The molecule has 10 heteroatoms. The van der Waals surface area contributed by atoms with Crippen molar-refractivity contribution in [2.45, 2.75) is 0 Å². The molecule has 163 valence electrons. The molecule has 0 amide bonds. The number of carbonyl (C=O) groups excluding carboxylic acids is 3. The fourth-order valence-electron chi connectivity index (χ4n) is 2.00. The maximum atomic E-state index is 10.4. The van der Waals surface area contributed by atoms with E-state index in [1.165, 1.54) is 36.4 Å². The zero-order valence-corrected chi connectivity index (χ0v) is 17.1. The number of benzene rings is 3. The van der Waals surface area contributed by atoms with Gasteiger partial charge in [-0.05, 0) is 36.4 Å². The SMILES string of the molecule is O=C([OH2+])c1ccccc1O.O=C([OH2+])c1ccccc1O.O=C([OH2+])c1ccccc1O.[Mn]. The molecular weight excluding hydrogens is 451 g/mol. The van der Waals surface area contributed by atoms with E-state index < -0.39 is 17.9 Å². The summed E-state index contributed by atoms with van der Waals surface area (Å²) in [5.74, 6) is -3.00. The molecule has 31 heavy (non-hydrogen) atoms. The molecule has 0 heterocycles. The predicted octanol–water partition coefficient (Wildman–Crippen LogP) is 0.768. The van der Waals surface area contributed by atoms with Gasteiger partial charge in [-0.25, -0.2) is 0 Å². The number of phenols is 3. The molecule has 3 aromatic carbocycles. The van der Waals surface area contributed by atoms with Crippen LogP contribution in [0.25, 0.3) is 0 Å². The molecule has 0 unspecified atom stereocenters. The van der Waals surface area contributed by atoms with Crippen LogP contribution < -0.4 is 0 Å². The average molecular weight is 472 g/mol. The Bertz CT molecular complexity index is 903. The molecule has 1 radical (unpaired) electrons. The van der Waals surface area contributed by atoms with E-state index >= 15 is 0 Å². The van der Waals surface area contributed by atoms with Crippen molar-refractivity contribution in [3.63, 3.8) is 0 Å². The van der Waals surface area contributed by atoms with Crippen LogP contribution in [0, 0.1) is 0 Å². The molecule has 0 aromatic heterocycles. The molecule has 9 nitrogen and oxygen atoms in total. The van der Waals surface area contributed by atoms with Crippen molar-refractivity contribution in [1.82, 2.24) is 0 Å². The summed E-state index contributed by atoms with van der Waals surface area (Å²) in [6.45, 7) is 0. The summed E-state index contributed by atoms with van der Waals surface area (Å²) in [5.41, 5.74) is 0.132. The molecule has 0 aliphatic carbocycles. The molecule has 0 saturated carbocycles. The third-order valence-electron chi connectivity index (χ3n) is 3.45. The number of rotatable bonds is 3. The fraction of sp³-hybridized carbons (Fsp3) is 0. The first-order valence-corrected chi connectivity index (χ1v) is 8.27. The molecular formula is C21H21MnO9+3. The summed E-state index contributed by atoms with van der Waals surface area (Å²) in [7, 11) is 0. The minimum absolute atomic E-state index is 0. The number of hydrogen-bond acceptors (Lipinski definition) is 6. The molecule has 0 aliphatic rings. The van der Waals surface area contributed by atoms with E-state index in [2.05, 4.69) is 0 Å². The smallest absolute Gasteiger partial charge is 0.552 e. The van der Waals surface area contributed by atoms with Crippen LogP contribution in [-0.2, 0) is 17.1 Å². The van der Waals surface area contributed by atoms with Gasteiger partial charge < -0.3 is 30.6 Å². The zero-order valence-electron chi connectivity index (χ0n) is 15.9. The second kappa shape index (κ2) is 13.3. The van der Waals surface area contributed by atoms with Gasteiger partial charge in [0.25, 0.3) is 0 Å². The molecule has 3 aromatic rings. The summed E-state index contributed by atoms with van der Waals surface area (Å²) < 4.78 is 0. The second-order valence-electron chi connectivity index (χ2n) is 5.54. The van der Waals surface area contributed by atoms with Gasteiger partial charge in [-0.15, -0.1) is 0 Å². The van der Waals surface area contributed by atoms with E-state index in [0.717, 1.165) is 0 Å². The van der Waals surface area contributed by atoms with Crippen LogP contribution in [0.1, 0.15) is 31.1 Å². The quantitative estimate of drug-likeness (QED) is 0.374. The Labute approximate surface area is 186 Å². The summed E-state index contributed by atoms with van der Waals surface area (Å²) in [6.07, 6.45) is 0. The van der Waals surface area contributed by atoms with Crippen LogP contribution in [0.4, 0.5) is 0 Å². The maximum absolute atomic E-state index is 10.4. The number of para-hydroxylation sites is 3. The second-order valence-corrected chi connectivity index (χ2v) is 5.54. The van der Waals surface area contributed by atoms with E-state index in [9.17, 15) is 14.4 Å². The van der Waals surface area contributed by atoms with Gasteiger partial charge in [-0.3, -0.25) is 0 Å². The molecule has 0 atom stereocenters. The average Bonchev–Trinajstić information content (AvgIpc) is 2.69. The van der Waals surface area contributed by atoms with Crippen LogP contribution in [-0.4, -0.2) is 48.5 Å². The Hall–Kier alpha value is -4.01. The van der Waals surface area contributed by atoms with Crippen LogP contribution in [0.2, 0.25) is 0 Å². The molecule has 0 bridgehead atoms. The van der Waals surface area contributed by atoms with E-state index in [1.54, 1.807) is 36.4 Å². The van der Waals surface area contributed by atoms with E-state index in [1.807, 2.05) is 0 Å². The van der Waals surface area contributed by atoms with Gasteiger partial charge in [0.1, 0.15) is 17.2 Å². The Morgan fingerprint density at radius 2 is 0.677 bits per heavy atom. The number of carbonyl (C=O) groups is 3.